The number of phosphoric ester groups is 1. The van der Waals surface area contributed by atoms with Crippen LogP contribution in [0.25, 0.3) is 0 Å². The van der Waals surface area contributed by atoms with Crippen molar-refractivity contribution in [2.75, 3.05) is 40.9 Å². The van der Waals surface area contributed by atoms with Gasteiger partial charge in [-0.2, -0.15) is 0 Å². The Hall–Kier alpha value is -1.80. The zero-order valence-electron chi connectivity index (χ0n) is 64.4. The summed E-state index contributed by atoms with van der Waals surface area (Å²) in [5, 5.41) is 14.0. The first-order chi connectivity index (χ1) is 46.5. The lowest BCUT2D eigenvalue weighted by Gasteiger charge is -2.29. The predicted molar refractivity (Wildman–Crippen MR) is 418 cm³/mol. The second-order valence-corrected chi connectivity index (χ2v) is 31.6. The van der Waals surface area contributed by atoms with E-state index in [4.69, 9.17) is 9.05 Å². The minimum Gasteiger partial charge on any atom is -0.756 e. The molecule has 3 unspecified atom stereocenters. The molecule has 95 heavy (non-hydrogen) atoms. The second-order valence-electron chi connectivity index (χ2n) is 30.2. The summed E-state index contributed by atoms with van der Waals surface area (Å²) in [5.41, 5.74) is 0. The molecule has 2 N–H and O–H groups in total. The highest BCUT2D eigenvalue weighted by Gasteiger charge is 2.23. The van der Waals surface area contributed by atoms with E-state index in [1.165, 1.54) is 360 Å². The highest BCUT2D eigenvalue weighted by molar-refractivity contribution is 7.45. The van der Waals surface area contributed by atoms with Crippen molar-refractivity contribution in [3.05, 3.63) is 60.8 Å². The topological polar surface area (TPSA) is 108 Å². The maximum absolute atomic E-state index is 13.1. The molecule has 0 aliphatic carbocycles. The highest BCUT2D eigenvalue weighted by Crippen LogP contribution is 2.38. The number of carbonyl (C=O) groups excluding carboxylic acids is 1. The minimum absolute atomic E-state index is 0.00504. The van der Waals surface area contributed by atoms with Crippen molar-refractivity contribution >= 4 is 13.7 Å². The van der Waals surface area contributed by atoms with Crippen LogP contribution in [0.1, 0.15) is 431 Å². The lowest BCUT2D eigenvalue weighted by Crippen LogP contribution is -2.45. The van der Waals surface area contributed by atoms with Gasteiger partial charge in [-0.05, 0) is 70.6 Å². The molecule has 0 bridgehead atoms. The molecule has 0 aromatic heterocycles. The number of amides is 1. The molecule has 0 spiro atoms. The maximum atomic E-state index is 13.1. The van der Waals surface area contributed by atoms with Crippen molar-refractivity contribution in [3.8, 4) is 0 Å². The third-order valence-corrected chi connectivity index (χ3v) is 20.4. The summed E-state index contributed by atoms with van der Waals surface area (Å²) in [6.45, 7) is 4.68. The molecule has 0 fully saturated rings. The third kappa shape index (κ3) is 79.4. The summed E-state index contributed by atoms with van der Waals surface area (Å²) in [4.78, 5) is 25.7. The molecule has 0 aliphatic rings. The van der Waals surface area contributed by atoms with Crippen molar-refractivity contribution in [2.24, 2.45) is 0 Å². The quantitative estimate of drug-likeness (QED) is 0.0272. The normalized spacial score (nSPS) is 13.7. The SMILES string of the molecule is CCCCCCC/C=C\C/C=C\C/C=C\CCCCCCCCCCCCCCCCCCCCCCCCCCCCC(=O)NC(COP(=O)([O-])OCC[N+](C)(C)C)C(O)/C=C/CC/C=C/CCCCCCCCCCCCCCCCCCCCCCCCCCCC. The molecule has 1 amide bonds. The van der Waals surface area contributed by atoms with E-state index in [1.54, 1.807) is 6.08 Å². The summed E-state index contributed by atoms with van der Waals surface area (Å²) >= 11 is 0. The highest BCUT2D eigenvalue weighted by atomic mass is 31.2. The van der Waals surface area contributed by atoms with Gasteiger partial charge in [0.05, 0.1) is 39.9 Å². The summed E-state index contributed by atoms with van der Waals surface area (Å²) in [5.74, 6) is -0.199. The average Bonchev–Trinajstić information content (AvgIpc) is 2.01. The molecule has 0 heterocycles. The molecule has 9 heteroatoms. The molecule has 560 valence electrons. The molecule has 0 aromatic rings. The van der Waals surface area contributed by atoms with Crippen LogP contribution in [-0.2, 0) is 18.4 Å². The van der Waals surface area contributed by atoms with Crippen LogP contribution in [-0.4, -0.2) is 68.5 Å². The van der Waals surface area contributed by atoms with Crippen LogP contribution in [0, 0.1) is 0 Å². The van der Waals surface area contributed by atoms with Crippen LogP contribution in [0.4, 0.5) is 0 Å². The fraction of sp³-hybridized carbons (Fsp3) is 0.872. The van der Waals surface area contributed by atoms with Crippen LogP contribution in [0.5, 0.6) is 0 Å². The van der Waals surface area contributed by atoms with Crippen molar-refractivity contribution in [1.29, 1.82) is 0 Å². The molecular weight excluding hydrogens is 1190 g/mol. The average molecular weight is 1350 g/mol. The van der Waals surface area contributed by atoms with E-state index in [-0.39, 0.29) is 19.1 Å². The number of rotatable bonds is 79. The molecule has 0 aliphatic heterocycles. The molecule has 0 rings (SSSR count). The van der Waals surface area contributed by atoms with Gasteiger partial charge in [-0.25, -0.2) is 0 Å². The fourth-order valence-electron chi connectivity index (χ4n) is 12.9. The number of aliphatic hydroxyl groups is 1. The Labute approximate surface area is 593 Å². The Kier molecular flexibility index (Phi) is 74.9. The van der Waals surface area contributed by atoms with Crippen molar-refractivity contribution in [3.63, 3.8) is 0 Å². The van der Waals surface area contributed by atoms with Gasteiger partial charge in [0.15, 0.2) is 0 Å². The number of carbonyl (C=O) groups is 1. The number of allylic oxidation sites excluding steroid dienone is 9. The van der Waals surface area contributed by atoms with E-state index in [1.807, 2.05) is 27.2 Å². The number of hydrogen-bond donors (Lipinski definition) is 2. The molecular formula is C86H165N2O6P. The Morgan fingerprint density at radius 3 is 0.926 bits per heavy atom. The van der Waals surface area contributed by atoms with Crippen molar-refractivity contribution in [2.45, 2.75) is 443 Å². The summed E-state index contributed by atoms with van der Waals surface area (Å²) in [7, 11) is 1.26. The number of nitrogens with one attached hydrogen (secondary N) is 1. The van der Waals surface area contributed by atoms with Crippen LogP contribution in [0.3, 0.4) is 0 Å². The van der Waals surface area contributed by atoms with Crippen LogP contribution in [0.2, 0.25) is 0 Å². The Balaban J connectivity index is 3.93. The first kappa shape index (κ1) is 93.2. The summed E-state index contributed by atoms with van der Waals surface area (Å²) in [6.07, 6.45) is 107. The number of quaternary nitrogens is 1. The molecule has 3 atom stereocenters. The van der Waals surface area contributed by atoms with Gasteiger partial charge in [0.25, 0.3) is 7.82 Å². The van der Waals surface area contributed by atoms with Crippen LogP contribution in [0.15, 0.2) is 60.8 Å². The lowest BCUT2D eigenvalue weighted by molar-refractivity contribution is -0.870. The smallest absolute Gasteiger partial charge is 0.268 e. The van der Waals surface area contributed by atoms with Gasteiger partial charge in [-0.3, -0.25) is 9.36 Å². The number of unbranched alkanes of at least 4 members (excludes halogenated alkanes) is 58. The lowest BCUT2D eigenvalue weighted by atomic mass is 10.0. The first-order valence-corrected chi connectivity index (χ1v) is 43.6. The van der Waals surface area contributed by atoms with E-state index >= 15 is 0 Å². The van der Waals surface area contributed by atoms with Gasteiger partial charge < -0.3 is 28.8 Å². The van der Waals surface area contributed by atoms with Gasteiger partial charge in [0, 0.05) is 6.42 Å². The number of aliphatic hydroxyl groups excluding tert-OH is 1. The number of nitrogens with zero attached hydrogens (tertiary/aromatic N) is 1. The number of hydrogen-bond acceptors (Lipinski definition) is 6. The van der Waals surface area contributed by atoms with Gasteiger partial charge in [0.1, 0.15) is 13.2 Å². The third-order valence-electron chi connectivity index (χ3n) is 19.4. The largest absolute Gasteiger partial charge is 0.756 e. The van der Waals surface area contributed by atoms with Crippen molar-refractivity contribution in [1.82, 2.24) is 5.32 Å². The summed E-state index contributed by atoms with van der Waals surface area (Å²) in [6, 6.07) is -0.906. The Morgan fingerprint density at radius 2 is 0.621 bits per heavy atom. The summed E-state index contributed by atoms with van der Waals surface area (Å²) < 4.78 is 23.5. The molecule has 0 aromatic carbocycles. The zero-order valence-corrected chi connectivity index (χ0v) is 65.3. The zero-order chi connectivity index (χ0) is 69.0. The second kappa shape index (κ2) is 76.4. The maximum Gasteiger partial charge on any atom is 0.268 e. The Morgan fingerprint density at radius 1 is 0.368 bits per heavy atom. The van der Waals surface area contributed by atoms with Crippen LogP contribution < -0.4 is 10.2 Å². The van der Waals surface area contributed by atoms with Gasteiger partial charge in [-0.1, -0.05) is 415 Å². The van der Waals surface area contributed by atoms with E-state index in [0.29, 0.717) is 17.4 Å². The van der Waals surface area contributed by atoms with Gasteiger partial charge in [-0.15, -0.1) is 0 Å². The molecule has 0 saturated heterocycles. The number of likely N-dealkylation sites (N-methyl/N-ethyl adjacent to an activating group) is 1. The monoisotopic (exact) mass is 1350 g/mol. The van der Waals surface area contributed by atoms with Gasteiger partial charge in [0.2, 0.25) is 5.91 Å². The van der Waals surface area contributed by atoms with E-state index < -0.39 is 20.0 Å². The minimum atomic E-state index is -4.62. The molecule has 8 nitrogen and oxygen atoms in total. The van der Waals surface area contributed by atoms with E-state index in [9.17, 15) is 19.4 Å². The number of phosphoric acid groups is 1. The fourth-order valence-corrected chi connectivity index (χ4v) is 13.7. The van der Waals surface area contributed by atoms with Crippen LogP contribution >= 0.6 is 7.82 Å². The first-order valence-electron chi connectivity index (χ1n) is 42.2. The van der Waals surface area contributed by atoms with Crippen molar-refractivity contribution < 1.29 is 32.9 Å². The predicted octanol–water partition coefficient (Wildman–Crippen LogP) is 27.2. The molecule has 0 saturated carbocycles. The Bertz CT molecular complexity index is 1740. The standard InChI is InChI=1S/C86H165N2O6P/c1-6-8-10-12-14-16-18-20-22-24-26-28-30-32-34-36-38-40-41-42-43-44-45-46-47-48-50-52-54-56-58-60-62-64-66-68-70-72-74-76-78-80-86(90)87-84(83-94-95(91,92)93-82-81-88(3,4)5)85(89)79-77-75-73-71-69-67-65-63-61-59-57-55-53-51-49-39-37-35-33-31-29-27-25-23-21-19-17-15-13-11-9-7-2/h18,20,24,26,30,32,69,71,77,79,84-85,89H,6-17,19,21-23,25,27-29,31,33-68,70,72-76,78,80-83H2,1-5H3,(H-,87,90,91,92)/b20-18-,26-24-,32-30-,71-69+,79-77+. The molecule has 0 radical (unpaired) electrons. The van der Waals surface area contributed by atoms with Gasteiger partial charge >= 0.3 is 0 Å². The van der Waals surface area contributed by atoms with E-state index in [0.717, 1.165) is 51.4 Å². The van der Waals surface area contributed by atoms with E-state index in [2.05, 4.69) is 67.8 Å².